The molecule has 1 heterocycles. The highest BCUT2D eigenvalue weighted by Crippen LogP contribution is 2.36. The predicted molar refractivity (Wildman–Crippen MR) is 108 cm³/mol. The van der Waals surface area contributed by atoms with Crippen molar-refractivity contribution in [3.8, 4) is 5.75 Å². The molecular formula is C23H26N2O3. The van der Waals surface area contributed by atoms with Gasteiger partial charge in [0.1, 0.15) is 5.75 Å². The van der Waals surface area contributed by atoms with Crippen LogP contribution >= 0.6 is 0 Å². The van der Waals surface area contributed by atoms with Gasteiger partial charge in [-0.3, -0.25) is 9.59 Å². The van der Waals surface area contributed by atoms with Gasteiger partial charge >= 0.3 is 0 Å². The summed E-state index contributed by atoms with van der Waals surface area (Å²) in [5, 5.41) is 2.86. The average Bonchev–Trinajstić information content (AvgIpc) is 3.56. The summed E-state index contributed by atoms with van der Waals surface area (Å²) in [7, 11) is 0. The Morgan fingerprint density at radius 2 is 1.96 bits per heavy atom. The second-order valence-electron chi connectivity index (χ2n) is 7.74. The molecule has 0 saturated heterocycles. The zero-order valence-electron chi connectivity index (χ0n) is 16.2. The molecule has 0 bridgehead atoms. The summed E-state index contributed by atoms with van der Waals surface area (Å²) < 4.78 is 5.83. The predicted octanol–water partition coefficient (Wildman–Crippen LogP) is 3.78. The van der Waals surface area contributed by atoms with Crippen molar-refractivity contribution in [2.75, 3.05) is 11.9 Å². The van der Waals surface area contributed by atoms with Crippen LogP contribution in [0.15, 0.2) is 48.5 Å². The van der Waals surface area contributed by atoms with E-state index in [2.05, 4.69) is 24.4 Å². The first-order valence-corrected chi connectivity index (χ1v) is 9.99. The molecule has 1 saturated carbocycles. The number of benzene rings is 2. The van der Waals surface area contributed by atoms with Gasteiger partial charge in [0.25, 0.3) is 5.91 Å². The molecule has 4 rings (SSSR count). The molecule has 5 nitrogen and oxygen atoms in total. The van der Waals surface area contributed by atoms with Gasteiger partial charge in [0.2, 0.25) is 5.91 Å². The summed E-state index contributed by atoms with van der Waals surface area (Å²) in [6.07, 6.45) is 3.57. The number of hydrogen-bond donors (Lipinski definition) is 1. The SMILES string of the molecule is CC(C1CC1)N(Cc1ccccc1)C(=O)COc1ccc2c(c1)CCC(=O)N2. The zero-order valence-corrected chi connectivity index (χ0v) is 16.2. The first-order valence-electron chi connectivity index (χ1n) is 9.99. The summed E-state index contributed by atoms with van der Waals surface area (Å²) in [4.78, 5) is 26.4. The number of amides is 2. The van der Waals surface area contributed by atoms with Gasteiger partial charge in [-0.2, -0.15) is 0 Å². The highest BCUT2D eigenvalue weighted by Gasteiger charge is 2.34. The lowest BCUT2D eigenvalue weighted by molar-refractivity contribution is -0.136. The molecule has 5 heteroatoms. The largest absolute Gasteiger partial charge is 0.484 e. The van der Waals surface area contributed by atoms with Crippen LogP contribution in [-0.4, -0.2) is 29.4 Å². The normalized spacial score (nSPS) is 16.7. The summed E-state index contributed by atoms with van der Waals surface area (Å²) in [5.41, 5.74) is 3.02. The van der Waals surface area contributed by atoms with E-state index in [0.29, 0.717) is 31.1 Å². The fraction of sp³-hybridized carbons (Fsp3) is 0.391. The van der Waals surface area contributed by atoms with E-state index in [9.17, 15) is 9.59 Å². The summed E-state index contributed by atoms with van der Waals surface area (Å²) >= 11 is 0. The van der Waals surface area contributed by atoms with Gasteiger partial charge in [-0.25, -0.2) is 0 Å². The van der Waals surface area contributed by atoms with Gasteiger partial charge in [0.15, 0.2) is 6.61 Å². The quantitative estimate of drug-likeness (QED) is 0.798. The van der Waals surface area contributed by atoms with Crippen molar-refractivity contribution in [1.29, 1.82) is 0 Å². The van der Waals surface area contributed by atoms with E-state index < -0.39 is 0 Å². The monoisotopic (exact) mass is 378 g/mol. The number of rotatable bonds is 7. The van der Waals surface area contributed by atoms with Crippen molar-refractivity contribution in [2.24, 2.45) is 5.92 Å². The van der Waals surface area contributed by atoms with Crippen molar-refractivity contribution in [3.05, 3.63) is 59.7 Å². The molecule has 28 heavy (non-hydrogen) atoms. The molecule has 1 unspecified atom stereocenters. The summed E-state index contributed by atoms with van der Waals surface area (Å²) in [6.45, 7) is 2.77. The maximum absolute atomic E-state index is 13.0. The Kier molecular flexibility index (Phi) is 5.33. The van der Waals surface area contributed by atoms with Crippen LogP contribution in [-0.2, 0) is 22.6 Å². The number of aryl methyl sites for hydroxylation is 1. The zero-order chi connectivity index (χ0) is 19.5. The molecule has 0 spiro atoms. The Labute approximate surface area is 165 Å². The lowest BCUT2D eigenvalue weighted by Crippen LogP contribution is -2.42. The molecule has 2 aliphatic rings. The summed E-state index contributed by atoms with van der Waals surface area (Å²) in [5.74, 6) is 1.32. The minimum Gasteiger partial charge on any atom is -0.484 e. The molecule has 1 aliphatic heterocycles. The van der Waals surface area contributed by atoms with Crippen molar-refractivity contribution in [3.63, 3.8) is 0 Å². The Hall–Kier alpha value is -2.82. The topological polar surface area (TPSA) is 58.6 Å². The lowest BCUT2D eigenvalue weighted by Gasteiger charge is -2.29. The van der Waals surface area contributed by atoms with E-state index in [4.69, 9.17) is 4.74 Å². The second-order valence-corrected chi connectivity index (χ2v) is 7.74. The number of nitrogens with zero attached hydrogens (tertiary/aromatic N) is 1. The Bertz CT molecular complexity index is 861. The van der Waals surface area contributed by atoms with E-state index in [-0.39, 0.29) is 24.5 Å². The van der Waals surface area contributed by atoms with Gasteiger partial charge in [-0.15, -0.1) is 0 Å². The molecule has 1 aliphatic carbocycles. The first-order chi connectivity index (χ1) is 13.6. The molecule has 0 aromatic heterocycles. The Balaban J connectivity index is 1.42. The van der Waals surface area contributed by atoms with Crippen molar-refractivity contribution in [1.82, 2.24) is 4.90 Å². The highest BCUT2D eigenvalue weighted by molar-refractivity contribution is 5.94. The van der Waals surface area contributed by atoms with Gasteiger partial charge in [0.05, 0.1) is 0 Å². The second kappa shape index (κ2) is 8.05. The molecule has 1 N–H and O–H groups in total. The van der Waals surface area contributed by atoms with Gasteiger partial charge in [-0.05, 0) is 61.4 Å². The van der Waals surface area contributed by atoms with Gasteiger partial charge in [0, 0.05) is 24.7 Å². The molecule has 1 atom stereocenters. The van der Waals surface area contributed by atoms with Gasteiger partial charge in [-0.1, -0.05) is 30.3 Å². The fourth-order valence-corrected chi connectivity index (χ4v) is 3.75. The van der Waals surface area contributed by atoms with E-state index in [1.54, 1.807) is 0 Å². The van der Waals surface area contributed by atoms with E-state index in [0.717, 1.165) is 16.8 Å². The standard InChI is InChI=1S/C23H26N2O3/c1-16(18-7-8-18)25(14-17-5-3-2-4-6-17)23(27)15-28-20-10-11-21-19(13-20)9-12-22(26)24-21/h2-6,10-11,13,16,18H,7-9,12,14-15H2,1H3,(H,24,26). The number of carbonyl (C=O) groups is 2. The molecule has 2 amide bonds. The van der Waals surface area contributed by atoms with Crippen molar-refractivity contribution >= 4 is 17.5 Å². The third-order valence-electron chi connectivity index (χ3n) is 5.65. The number of hydrogen-bond acceptors (Lipinski definition) is 3. The van der Waals surface area contributed by atoms with Crippen molar-refractivity contribution < 1.29 is 14.3 Å². The van der Waals surface area contributed by atoms with Crippen LogP contribution in [0.2, 0.25) is 0 Å². The molecule has 2 aromatic rings. The number of fused-ring (bicyclic) bond motifs is 1. The molecular weight excluding hydrogens is 352 g/mol. The average molecular weight is 378 g/mol. The number of carbonyl (C=O) groups excluding carboxylic acids is 2. The van der Waals surface area contributed by atoms with Crippen LogP contribution in [0.3, 0.4) is 0 Å². The third kappa shape index (κ3) is 4.35. The summed E-state index contributed by atoms with van der Waals surface area (Å²) in [6, 6.07) is 15.9. The molecule has 1 fully saturated rings. The number of anilines is 1. The highest BCUT2D eigenvalue weighted by atomic mass is 16.5. The van der Waals surface area contributed by atoms with Crippen molar-refractivity contribution in [2.45, 2.75) is 45.2 Å². The van der Waals surface area contributed by atoms with E-state index in [1.807, 2.05) is 41.3 Å². The molecule has 0 radical (unpaired) electrons. The smallest absolute Gasteiger partial charge is 0.261 e. The fourth-order valence-electron chi connectivity index (χ4n) is 3.75. The number of nitrogens with one attached hydrogen (secondary N) is 1. The van der Waals surface area contributed by atoms with E-state index >= 15 is 0 Å². The molecule has 2 aromatic carbocycles. The third-order valence-corrected chi connectivity index (χ3v) is 5.65. The van der Waals surface area contributed by atoms with E-state index in [1.165, 1.54) is 12.8 Å². The molecule has 146 valence electrons. The van der Waals surface area contributed by atoms with Crippen LogP contribution in [0.5, 0.6) is 5.75 Å². The lowest BCUT2D eigenvalue weighted by atomic mass is 10.0. The van der Waals surface area contributed by atoms with Crippen LogP contribution in [0.4, 0.5) is 5.69 Å². The Morgan fingerprint density at radius 3 is 2.71 bits per heavy atom. The first kappa shape index (κ1) is 18.5. The van der Waals surface area contributed by atoms with Crippen LogP contribution < -0.4 is 10.1 Å². The van der Waals surface area contributed by atoms with Crippen LogP contribution in [0.1, 0.15) is 37.3 Å². The van der Waals surface area contributed by atoms with Crippen LogP contribution in [0, 0.1) is 5.92 Å². The maximum atomic E-state index is 13.0. The Morgan fingerprint density at radius 1 is 1.18 bits per heavy atom. The number of ether oxygens (including phenoxy) is 1. The maximum Gasteiger partial charge on any atom is 0.261 e. The minimum absolute atomic E-state index is 0.00859. The van der Waals surface area contributed by atoms with Crippen LogP contribution in [0.25, 0.3) is 0 Å². The van der Waals surface area contributed by atoms with Gasteiger partial charge < -0.3 is 15.0 Å². The minimum atomic E-state index is 0.00859.